The minimum atomic E-state index is 0.308. The summed E-state index contributed by atoms with van der Waals surface area (Å²) >= 11 is 1.90. The van der Waals surface area contributed by atoms with Crippen LogP contribution >= 0.6 is 11.8 Å². The highest BCUT2D eigenvalue weighted by molar-refractivity contribution is 7.99. The highest BCUT2D eigenvalue weighted by Crippen LogP contribution is 2.12. The first kappa shape index (κ1) is 14.6. The minimum Gasteiger partial charge on any atom is -0.396 e. The van der Waals surface area contributed by atoms with Gasteiger partial charge in [-0.2, -0.15) is 11.8 Å². The Morgan fingerprint density at radius 3 is 2.71 bits per heavy atom. The van der Waals surface area contributed by atoms with E-state index in [1.54, 1.807) is 0 Å². The van der Waals surface area contributed by atoms with Crippen molar-refractivity contribution in [2.45, 2.75) is 26.8 Å². The van der Waals surface area contributed by atoms with Crippen LogP contribution in [-0.2, 0) is 13.6 Å². The zero-order valence-corrected chi connectivity index (χ0v) is 11.9. The molecule has 2 N–H and O–H groups in total. The summed E-state index contributed by atoms with van der Waals surface area (Å²) in [6.45, 7) is 6.60. The highest BCUT2D eigenvalue weighted by Gasteiger charge is 2.04. The van der Waals surface area contributed by atoms with E-state index < -0.39 is 0 Å². The molecule has 98 valence electrons. The van der Waals surface area contributed by atoms with E-state index in [1.807, 2.05) is 11.8 Å². The Bertz CT molecular complexity index is 336. The molecule has 1 aromatic rings. The fourth-order valence-electron chi connectivity index (χ4n) is 1.75. The van der Waals surface area contributed by atoms with E-state index in [0.717, 1.165) is 31.0 Å². The summed E-state index contributed by atoms with van der Waals surface area (Å²) in [5.41, 5.74) is 4.06. The Labute approximate surface area is 109 Å². The van der Waals surface area contributed by atoms with E-state index in [9.17, 15) is 0 Å². The molecule has 17 heavy (non-hydrogen) atoms. The molecule has 1 heterocycles. The maximum absolute atomic E-state index is 8.65. The first-order valence-electron chi connectivity index (χ1n) is 6.18. The summed E-state index contributed by atoms with van der Waals surface area (Å²) in [7, 11) is 2.11. The molecule has 1 rings (SSSR count). The molecule has 0 spiro atoms. The number of rotatable bonds is 8. The molecule has 0 aliphatic heterocycles. The standard InChI is InChI=1S/C13H24N2OS/c1-11-9-13(12(2)15(11)3)10-14-5-8-17-7-4-6-16/h9,14,16H,4-8,10H2,1-3H3. The van der Waals surface area contributed by atoms with Gasteiger partial charge in [-0.25, -0.2) is 0 Å². The number of aliphatic hydroxyl groups excluding tert-OH is 1. The second kappa shape index (κ2) is 7.80. The first-order chi connectivity index (χ1) is 8.16. The van der Waals surface area contributed by atoms with Gasteiger partial charge < -0.3 is 15.0 Å². The van der Waals surface area contributed by atoms with Gasteiger partial charge in [0, 0.05) is 43.9 Å². The SMILES string of the molecule is Cc1cc(CNCCSCCCO)c(C)n1C. The fraction of sp³-hybridized carbons (Fsp3) is 0.692. The van der Waals surface area contributed by atoms with Crippen molar-refractivity contribution in [2.24, 2.45) is 7.05 Å². The molecule has 0 amide bonds. The number of aromatic nitrogens is 1. The summed E-state index contributed by atoms with van der Waals surface area (Å²) in [6.07, 6.45) is 0.904. The van der Waals surface area contributed by atoms with Crippen molar-refractivity contribution >= 4 is 11.8 Å². The van der Waals surface area contributed by atoms with Gasteiger partial charge in [0.15, 0.2) is 0 Å². The molecular weight excluding hydrogens is 232 g/mol. The van der Waals surface area contributed by atoms with Crippen molar-refractivity contribution < 1.29 is 5.11 Å². The number of hydrogen-bond donors (Lipinski definition) is 2. The van der Waals surface area contributed by atoms with Crippen molar-refractivity contribution in [3.05, 3.63) is 23.0 Å². The third-order valence-electron chi connectivity index (χ3n) is 3.07. The molecule has 0 saturated carbocycles. The van der Waals surface area contributed by atoms with Crippen molar-refractivity contribution in [1.29, 1.82) is 0 Å². The predicted octanol–water partition coefficient (Wildman–Crippen LogP) is 1.85. The van der Waals surface area contributed by atoms with Crippen molar-refractivity contribution in [3.8, 4) is 0 Å². The normalized spacial score (nSPS) is 11.1. The van der Waals surface area contributed by atoms with Gasteiger partial charge in [0.1, 0.15) is 0 Å². The van der Waals surface area contributed by atoms with Gasteiger partial charge >= 0.3 is 0 Å². The number of nitrogens with one attached hydrogen (secondary N) is 1. The van der Waals surface area contributed by atoms with Crippen LogP contribution in [0.15, 0.2) is 6.07 Å². The Hall–Kier alpha value is -0.450. The van der Waals surface area contributed by atoms with E-state index in [4.69, 9.17) is 5.11 Å². The average Bonchev–Trinajstić information content (AvgIpc) is 2.56. The molecule has 0 aliphatic rings. The lowest BCUT2D eigenvalue weighted by molar-refractivity contribution is 0.296. The van der Waals surface area contributed by atoms with Crippen molar-refractivity contribution in [2.75, 3.05) is 24.7 Å². The largest absolute Gasteiger partial charge is 0.396 e. The van der Waals surface area contributed by atoms with Crippen molar-refractivity contribution in [1.82, 2.24) is 9.88 Å². The van der Waals surface area contributed by atoms with Gasteiger partial charge in [0.25, 0.3) is 0 Å². The summed E-state index contributed by atoms with van der Waals surface area (Å²) in [4.78, 5) is 0. The van der Waals surface area contributed by atoms with E-state index in [1.165, 1.54) is 17.0 Å². The highest BCUT2D eigenvalue weighted by atomic mass is 32.2. The van der Waals surface area contributed by atoms with Gasteiger partial charge in [-0.05, 0) is 37.7 Å². The summed E-state index contributed by atoms with van der Waals surface area (Å²) in [6, 6.07) is 2.25. The fourth-order valence-corrected chi connectivity index (χ4v) is 2.57. The van der Waals surface area contributed by atoms with Crippen LogP contribution in [0.5, 0.6) is 0 Å². The van der Waals surface area contributed by atoms with Gasteiger partial charge in [-0.1, -0.05) is 0 Å². The van der Waals surface area contributed by atoms with Crippen LogP contribution in [0.25, 0.3) is 0 Å². The molecular formula is C13H24N2OS. The van der Waals surface area contributed by atoms with Crippen LogP contribution < -0.4 is 5.32 Å². The minimum absolute atomic E-state index is 0.308. The van der Waals surface area contributed by atoms with Crippen LogP contribution in [-0.4, -0.2) is 34.3 Å². The lowest BCUT2D eigenvalue weighted by atomic mass is 10.2. The number of nitrogens with zero attached hydrogens (tertiary/aromatic N) is 1. The van der Waals surface area contributed by atoms with Crippen LogP contribution in [0.4, 0.5) is 0 Å². The average molecular weight is 256 g/mol. The number of thioether (sulfide) groups is 1. The topological polar surface area (TPSA) is 37.2 Å². The zero-order valence-electron chi connectivity index (χ0n) is 11.1. The maximum Gasteiger partial charge on any atom is 0.0438 e. The lowest BCUT2D eigenvalue weighted by Gasteiger charge is -2.05. The molecule has 0 saturated heterocycles. The summed E-state index contributed by atoms with van der Waals surface area (Å²) in [5, 5.41) is 12.1. The Balaban J connectivity index is 2.16. The van der Waals surface area contributed by atoms with Crippen LogP contribution in [0.2, 0.25) is 0 Å². The molecule has 3 nitrogen and oxygen atoms in total. The molecule has 0 atom stereocenters. The molecule has 0 aromatic carbocycles. The third-order valence-corrected chi connectivity index (χ3v) is 4.14. The maximum atomic E-state index is 8.65. The number of hydrogen-bond acceptors (Lipinski definition) is 3. The van der Waals surface area contributed by atoms with Crippen molar-refractivity contribution in [3.63, 3.8) is 0 Å². The van der Waals surface area contributed by atoms with Crippen LogP contribution in [0, 0.1) is 13.8 Å². The molecule has 4 heteroatoms. The first-order valence-corrected chi connectivity index (χ1v) is 7.33. The Kier molecular flexibility index (Phi) is 6.70. The van der Waals surface area contributed by atoms with Crippen LogP contribution in [0.1, 0.15) is 23.4 Å². The third kappa shape index (κ3) is 4.74. The quantitative estimate of drug-likeness (QED) is 0.697. The molecule has 1 aromatic heterocycles. The summed E-state index contributed by atoms with van der Waals surface area (Å²) < 4.78 is 2.23. The van der Waals surface area contributed by atoms with Gasteiger partial charge in [0.05, 0.1) is 0 Å². The van der Waals surface area contributed by atoms with E-state index >= 15 is 0 Å². The molecule has 0 radical (unpaired) electrons. The molecule has 0 aliphatic carbocycles. The lowest BCUT2D eigenvalue weighted by Crippen LogP contribution is -2.17. The van der Waals surface area contributed by atoms with Gasteiger partial charge in [-0.3, -0.25) is 0 Å². The zero-order chi connectivity index (χ0) is 12.7. The molecule has 0 fully saturated rings. The summed E-state index contributed by atoms with van der Waals surface area (Å²) in [5.74, 6) is 2.17. The van der Waals surface area contributed by atoms with Crippen LogP contribution in [0.3, 0.4) is 0 Å². The van der Waals surface area contributed by atoms with E-state index in [0.29, 0.717) is 6.61 Å². The smallest absolute Gasteiger partial charge is 0.0438 e. The van der Waals surface area contributed by atoms with Gasteiger partial charge in [-0.15, -0.1) is 0 Å². The Morgan fingerprint density at radius 2 is 2.12 bits per heavy atom. The monoisotopic (exact) mass is 256 g/mol. The van der Waals surface area contributed by atoms with Gasteiger partial charge in [0.2, 0.25) is 0 Å². The number of aliphatic hydroxyl groups is 1. The second-order valence-electron chi connectivity index (χ2n) is 4.32. The second-order valence-corrected chi connectivity index (χ2v) is 5.55. The molecule has 0 unspecified atom stereocenters. The number of aryl methyl sites for hydroxylation is 1. The Morgan fingerprint density at radius 1 is 1.35 bits per heavy atom. The van der Waals surface area contributed by atoms with E-state index in [-0.39, 0.29) is 0 Å². The predicted molar refractivity (Wildman–Crippen MR) is 75.6 cm³/mol. The molecule has 0 bridgehead atoms. The van der Waals surface area contributed by atoms with E-state index in [2.05, 4.69) is 36.8 Å².